The van der Waals surface area contributed by atoms with Gasteiger partial charge >= 0.3 is 6.03 Å². The monoisotopic (exact) mass is 413 g/mol. The smallest absolute Gasteiger partial charge is 0.322 e. The molecule has 1 aliphatic heterocycles. The number of nitrogens with one attached hydrogen (secondary N) is 2. The number of amides is 2. The lowest BCUT2D eigenvalue weighted by Gasteiger charge is -2.30. The quantitative estimate of drug-likeness (QED) is 0.386. The first kappa shape index (κ1) is 20.3. The van der Waals surface area contributed by atoms with Crippen molar-refractivity contribution in [3.63, 3.8) is 0 Å². The number of carbonyl (C=O) groups is 1. The Morgan fingerprint density at radius 1 is 1.14 bits per heavy atom. The van der Waals surface area contributed by atoms with Gasteiger partial charge < -0.3 is 10.0 Å². The van der Waals surface area contributed by atoms with E-state index in [1.807, 2.05) is 13.0 Å². The molecule has 0 aromatic heterocycles. The number of hydrogen-bond acceptors (Lipinski definition) is 3. The van der Waals surface area contributed by atoms with Gasteiger partial charge in [-0.05, 0) is 49.1 Å². The van der Waals surface area contributed by atoms with Crippen molar-refractivity contribution in [3.8, 4) is 0 Å². The molecule has 150 valence electrons. The van der Waals surface area contributed by atoms with Gasteiger partial charge in [-0.25, -0.2) is 22.4 Å². The average molecular weight is 413 g/mol. The Hall–Kier alpha value is -2.42. The molecule has 0 radical (unpaired) electrons. The van der Waals surface area contributed by atoms with Crippen LogP contribution >= 0.6 is 11.9 Å². The Balaban J connectivity index is 1.73. The SMILES string of the molecule is CCCN1C(=O)NCc2cc(NSCc3c(F)c(F)c(C)c(F)c3F)ccc21. The van der Waals surface area contributed by atoms with Gasteiger partial charge in [-0.2, -0.15) is 0 Å². The van der Waals surface area contributed by atoms with E-state index in [9.17, 15) is 22.4 Å². The van der Waals surface area contributed by atoms with Crippen LogP contribution in [0.4, 0.5) is 33.7 Å². The fraction of sp³-hybridized carbons (Fsp3) is 0.316. The van der Waals surface area contributed by atoms with E-state index in [-0.39, 0.29) is 11.8 Å². The van der Waals surface area contributed by atoms with E-state index < -0.39 is 34.4 Å². The second kappa shape index (κ2) is 8.30. The van der Waals surface area contributed by atoms with E-state index >= 15 is 0 Å². The Bertz CT molecular complexity index is 894. The van der Waals surface area contributed by atoms with Gasteiger partial charge in [0.25, 0.3) is 0 Å². The first-order chi connectivity index (χ1) is 13.3. The number of benzene rings is 2. The first-order valence-corrected chi connectivity index (χ1v) is 9.71. The molecular weight excluding hydrogens is 394 g/mol. The standard InChI is InChI=1S/C19H19F4N3OS/c1-3-6-26-14-5-4-12(7-11(14)8-24-19(26)27)25-28-9-13-17(22)15(20)10(2)16(21)18(13)23/h4-5,7,25H,3,6,8-9H2,1-2H3,(H,24,27). The Morgan fingerprint density at radius 2 is 1.82 bits per heavy atom. The molecule has 4 nitrogen and oxygen atoms in total. The van der Waals surface area contributed by atoms with E-state index in [4.69, 9.17) is 0 Å². The van der Waals surface area contributed by atoms with Crippen LogP contribution in [-0.2, 0) is 12.3 Å². The largest absolute Gasteiger partial charge is 0.334 e. The summed E-state index contributed by atoms with van der Waals surface area (Å²) < 4.78 is 58.1. The zero-order valence-electron chi connectivity index (χ0n) is 15.3. The third kappa shape index (κ3) is 3.76. The lowest BCUT2D eigenvalue weighted by atomic mass is 10.1. The van der Waals surface area contributed by atoms with E-state index in [1.165, 1.54) is 0 Å². The maximum absolute atomic E-state index is 13.9. The second-order valence-electron chi connectivity index (χ2n) is 6.40. The molecule has 0 saturated carbocycles. The highest BCUT2D eigenvalue weighted by atomic mass is 32.2. The number of hydrogen-bond donors (Lipinski definition) is 2. The molecule has 9 heteroatoms. The van der Waals surface area contributed by atoms with Crippen LogP contribution in [-0.4, -0.2) is 12.6 Å². The second-order valence-corrected chi connectivity index (χ2v) is 7.19. The molecule has 3 rings (SSSR count). The molecule has 1 heterocycles. The summed E-state index contributed by atoms with van der Waals surface area (Å²) in [4.78, 5) is 13.6. The van der Waals surface area contributed by atoms with Crippen molar-refractivity contribution in [2.45, 2.75) is 32.6 Å². The van der Waals surface area contributed by atoms with Crippen molar-refractivity contribution in [2.75, 3.05) is 16.2 Å². The summed E-state index contributed by atoms with van der Waals surface area (Å²) in [6.07, 6.45) is 0.809. The van der Waals surface area contributed by atoms with Gasteiger partial charge in [0.05, 0.1) is 5.69 Å². The summed E-state index contributed by atoms with van der Waals surface area (Å²) in [7, 11) is 0. The van der Waals surface area contributed by atoms with Gasteiger partial charge in [-0.15, -0.1) is 0 Å². The van der Waals surface area contributed by atoms with Crippen LogP contribution in [0.1, 0.15) is 30.0 Å². The summed E-state index contributed by atoms with van der Waals surface area (Å²) in [5.74, 6) is -5.82. The Morgan fingerprint density at radius 3 is 2.46 bits per heavy atom. The minimum Gasteiger partial charge on any atom is -0.334 e. The third-order valence-corrected chi connectivity index (χ3v) is 5.29. The summed E-state index contributed by atoms with van der Waals surface area (Å²) in [6, 6.07) is 5.18. The van der Waals surface area contributed by atoms with Crippen molar-refractivity contribution < 1.29 is 22.4 Å². The highest BCUT2D eigenvalue weighted by molar-refractivity contribution is 7.99. The van der Waals surface area contributed by atoms with Gasteiger partial charge in [0.15, 0.2) is 23.3 Å². The van der Waals surface area contributed by atoms with Crippen LogP contribution in [0.5, 0.6) is 0 Å². The van der Waals surface area contributed by atoms with Crippen molar-refractivity contribution >= 4 is 29.4 Å². The lowest BCUT2D eigenvalue weighted by molar-refractivity contribution is 0.244. The maximum atomic E-state index is 13.9. The topological polar surface area (TPSA) is 44.4 Å². The highest BCUT2D eigenvalue weighted by Crippen LogP contribution is 2.30. The zero-order valence-corrected chi connectivity index (χ0v) is 16.2. The summed E-state index contributed by atoms with van der Waals surface area (Å²) in [5, 5.41) is 2.78. The normalized spacial score (nSPS) is 13.4. The first-order valence-electron chi connectivity index (χ1n) is 8.72. The van der Waals surface area contributed by atoms with Crippen LogP contribution in [0, 0.1) is 30.2 Å². The fourth-order valence-corrected chi connectivity index (χ4v) is 3.74. The van der Waals surface area contributed by atoms with Gasteiger partial charge in [-0.3, -0.25) is 4.90 Å². The van der Waals surface area contributed by atoms with E-state index in [2.05, 4.69) is 10.0 Å². The molecule has 0 unspecified atom stereocenters. The molecule has 2 amide bonds. The number of nitrogens with zero attached hydrogens (tertiary/aromatic N) is 1. The van der Waals surface area contributed by atoms with Crippen LogP contribution in [0.3, 0.4) is 0 Å². The molecule has 0 spiro atoms. The van der Waals surface area contributed by atoms with Crippen molar-refractivity contribution in [2.24, 2.45) is 0 Å². The molecule has 0 aliphatic carbocycles. The number of carbonyl (C=O) groups excluding carboxylic acids is 1. The fourth-order valence-electron chi connectivity index (χ4n) is 2.98. The molecule has 2 aromatic rings. The van der Waals surface area contributed by atoms with E-state index in [1.54, 1.807) is 17.0 Å². The molecular formula is C19H19F4N3OS. The lowest BCUT2D eigenvalue weighted by Crippen LogP contribution is -2.44. The third-order valence-electron chi connectivity index (χ3n) is 4.47. The molecule has 0 atom stereocenters. The number of rotatable bonds is 6. The van der Waals surface area contributed by atoms with Crippen LogP contribution in [0.2, 0.25) is 0 Å². The zero-order chi connectivity index (χ0) is 20.4. The van der Waals surface area contributed by atoms with Crippen LogP contribution in [0.25, 0.3) is 0 Å². The van der Waals surface area contributed by atoms with Crippen LogP contribution < -0.4 is 14.9 Å². The molecule has 0 saturated heterocycles. The van der Waals surface area contributed by atoms with Gasteiger partial charge in [0.1, 0.15) is 0 Å². The van der Waals surface area contributed by atoms with Gasteiger partial charge in [0, 0.05) is 35.7 Å². The summed E-state index contributed by atoms with van der Waals surface area (Å²) in [6.45, 7) is 3.92. The van der Waals surface area contributed by atoms with Crippen molar-refractivity contribution in [3.05, 3.63) is 58.2 Å². The van der Waals surface area contributed by atoms with E-state index in [0.717, 1.165) is 36.5 Å². The number of anilines is 2. The minimum atomic E-state index is -1.38. The van der Waals surface area contributed by atoms with Gasteiger partial charge in [-0.1, -0.05) is 6.92 Å². The van der Waals surface area contributed by atoms with Crippen LogP contribution in [0.15, 0.2) is 18.2 Å². The van der Waals surface area contributed by atoms with E-state index in [0.29, 0.717) is 18.8 Å². The molecule has 28 heavy (non-hydrogen) atoms. The Kier molecular flexibility index (Phi) is 6.02. The minimum absolute atomic E-state index is 0.154. The van der Waals surface area contributed by atoms with Gasteiger partial charge in [0.2, 0.25) is 0 Å². The number of fused-ring (bicyclic) bond motifs is 1. The summed E-state index contributed by atoms with van der Waals surface area (Å²) in [5.41, 5.74) is 1.01. The number of halogens is 4. The van der Waals surface area contributed by atoms with Crippen molar-refractivity contribution in [1.82, 2.24) is 5.32 Å². The molecule has 1 aliphatic rings. The molecule has 0 bridgehead atoms. The molecule has 2 N–H and O–H groups in total. The maximum Gasteiger partial charge on any atom is 0.322 e. The molecule has 0 fully saturated rings. The Labute approximate surface area is 164 Å². The highest BCUT2D eigenvalue weighted by Gasteiger charge is 2.24. The number of urea groups is 1. The average Bonchev–Trinajstić information content (AvgIpc) is 2.69. The predicted molar refractivity (Wildman–Crippen MR) is 102 cm³/mol. The van der Waals surface area contributed by atoms with Crippen molar-refractivity contribution in [1.29, 1.82) is 0 Å². The summed E-state index contributed by atoms with van der Waals surface area (Å²) >= 11 is 0.909. The molecule has 2 aromatic carbocycles. The predicted octanol–water partition coefficient (Wildman–Crippen LogP) is 5.25.